The Hall–Kier alpha value is -1.17. The summed E-state index contributed by atoms with van der Waals surface area (Å²) in [5.41, 5.74) is 1.33. The van der Waals surface area contributed by atoms with Gasteiger partial charge in [-0.15, -0.1) is 11.3 Å². The Balaban J connectivity index is 1.71. The summed E-state index contributed by atoms with van der Waals surface area (Å²) in [6, 6.07) is 5.01. The van der Waals surface area contributed by atoms with Crippen LogP contribution in [0.1, 0.15) is 19.0 Å². The van der Waals surface area contributed by atoms with Crippen molar-refractivity contribution in [2.75, 3.05) is 26.7 Å². The number of piperazine rings is 1. The molecule has 0 unspecified atom stereocenters. The van der Waals surface area contributed by atoms with Crippen LogP contribution in [0.15, 0.2) is 29.9 Å². The number of likely N-dealkylation sites (N-methyl/N-ethyl adjacent to an activating group) is 1. The number of rotatable bonds is 4. The van der Waals surface area contributed by atoms with Gasteiger partial charge in [-0.3, -0.25) is 9.47 Å². The van der Waals surface area contributed by atoms with Gasteiger partial charge >= 0.3 is 0 Å². The number of hydrogen-bond acceptors (Lipinski definition) is 4. The zero-order chi connectivity index (χ0) is 13.9. The second kappa shape index (κ2) is 6.08. The maximum Gasteiger partial charge on any atom is 0.193 e. The van der Waals surface area contributed by atoms with Gasteiger partial charge < -0.3 is 4.90 Å². The predicted molar refractivity (Wildman–Crippen MR) is 83.4 cm³/mol. The molecule has 0 saturated carbocycles. The Morgan fingerprint density at radius 1 is 1.40 bits per heavy atom. The van der Waals surface area contributed by atoms with Gasteiger partial charge in [0.15, 0.2) is 5.13 Å². The van der Waals surface area contributed by atoms with E-state index < -0.39 is 0 Å². The van der Waals surface area contributed by atoms with Crippen LogP contribution in [0.5, 0.6) is 0 Å². The molecule has 0 radical (unpaired) electrons. The van der Waals surface area contributed by atoms with Crippen molar-refractivity contribution in [1.82, 2.24) is 19.4 Å². The van der Waals surface area contributed by atoms with Crippen molar-refractivity contribution in [2.45, 2.75) is 25.9 Å². The number of aromatic nitrogens is 2. The molecule has 20 heavy (non-hydrogen) atoms. The molecule has 0 spiro atoms. The van der Waals surface area contributed by atoms with Crippen molar-refractivity contribution in [1.29, 1.82) is 0 Å². The number of nitrogens with zero attached hydrogens (tertiary/aromatic N) is 4. The summed E-state index contributed by atoms with van der Waals surface area (Å²) < 4.78 is 2.21. The summed E-state index contributed by atoms with van der Waals surface area (Å²) in [6.07, 6.45) is 5.20. The first kappa shape index (κ1) is 13.8. The lowest BCUT2D eigenvalue weighted by Crippen LogP contribution is -2.50. The molecule has 1 fully saturated rings. The first-order valence-electron chi connectivity index (χ1n) is 7.26. The lowest BCUT2D eigenvalue weighted by atomic mass is 10.1. The minimum Gasteiger partial charge on any atom is -0.301 e. The highest BCUT2D eigenvalue weighted by atomic mass is 32.1. The quantitative estimate of drug-likeness (QED) is 0.864. The van der Waals surface area contributed by atoms with Crippen LogP contribution in [-0.4, -0.2) is 52.1 Å². The molecule has 1 aliphatic rings. The van der Waals surface area contributed by atoms with Crippen molar-refractivity contribution >= 4 is 11.3 Å². The molecule has 2 aromatic heterocycles. The lowest BCUT2D eigenvalue weighted by molar-refractivity contribution is 0.0872. The number of hydrogen-bond donors (Lipinski definition) is 0. The van der Waals surface area contributed by atoms with Crippen LogP contribution >= 0.6 is 11.3 Å². The van der Waals surface area contributed by atoms with Crippen molar-refractivity contribution < 1.29 is 0 Å². The molecule has 108 valence electrons. The van der Waals surface area contributed by atoms with Gasteiger partial charge in [-0.25, -0.2) is 4.98 Å². The van der Waals surface area contributed by atoms with Crippen molar-refractivity contribution in [2.24, 2.45) is 0 Å². The summed E-state index contributed by atoms with van der Waals surface area (Å²) in [4.78, 5) is 9.46. The summed E-state index contributed by atoms with van der Waals surface area (Å²) in [5.74, 6) is 0. The van der Waals surface area contributed by atoms with Gasteiger partial charge in [-0.05, 0) is 25.6 Å². The van der Waals surface area contributed by atoms with Gasteiger partial charge in [0.05, 0.1) is 0 Å². The molecule has 0 amide bonds. The van der Waals surface area contributed by atoms with Crippen LogP contribution in [0.4, 0.5) is 0 Å². The van der Waals surface area contributed by atoms with Gasteiger partial charge in [0.25, 0.3) is 0 Å². The largest absolute Gasteiger partial charge is 0.301 e. The highest BCUT2D eigenvalue weighted by Gasteiger charge is 2.23. The SMILES string of the molecule is CC[C@@H]1CN(Cc2cccn2-c2nccs2)CCN1C. The molecule has 0 N–H and O–H groups in total. The Kier molecular flexibility index (Phi) is 4.19. The fraction of sp³-hybridized carbons (Fsp3) is 0.533. The molecule has 5 heteroatoms. The maximum atomic E-state index is 4.41. The Labute approximate surface area is 124 Å². The first-order valence-corrected chi connectivity index (χ1v) is 8.14. The third-order valence-electron chi connectivity index (χ3n) is 4.18. The third-order valence-corrected chi connectivity index (χ3v) is 4.95. The fourth-order valence-electron chi connectivity index (χ4n) is 2.89. The molecule has 1 aliphatic heterocycles. The first-order chi connectivity index (χ1) is 9.78. The normalized spacial score (nSPS) is 21.4. The van der Waals surface area contributed by atoms with Crippen LogP contribution in [0.2, 0.25) is 0 Å². The topological polar surface area (TPSA) is 24.3 Å². The van der Waals surface area contributed by atoms with E-state index in [4.69, 9.17) is 0 Å². The van der Waals surface area contributed by atoms with Crippen molar-refractivity contribution in [3.63, 3.8) is 0 Å². The van der Waals surface area contributed by atoms with E-state index in [1.54, 1.807) is 11.3 Å². The fourth-order valence-corrected chi connectivity index (χ4v) is 3.55. The van der Waals surface area contributed by atoms with Crippen LogP contribution in [0.3, 0.4) is 0 Å². The van der Waals surface area contributed by atoms with Gasteiger partial charge in [0.1, 0.15) is 0 Å². The average Bonchev–Trinajstić information content (AvgIpc) is 3.11. The van der Waals surface area contributed by atoms with Gasteiger partial charge in [-0.1, -0.05) is 6.92 Å². The van der Waals surface area contributed by atoms with Gasteiger partial charge in [0, 0.05) is 55.7 Å². The van der Waals surface area contributed by atoms with Crippen molar-refractivity contribution in [3.05, 3.63) is 35.6 Å². The molecule has 4 nitrogen and oxygen atoms in total. The second-order valence-electron chi connectivity index (χ2n) is 5.46. The van der Waals surface area contributed by atoms with E-state index in [1.165, 1.54) is 12.1 Å². The van der Waals surface area contributed by atoms with Crippen LogP contribution < -0.4 is 0 Å². The molecule has 2 aromatic rings. The van der Waals surface area contributed by atoms with Gasteiger partial charge in [-0.2, -0.15) is 0 Å². The minimum absolute atomic E-state index is 0.687. The maximum absolute atomic E-state index is 4.41. The highest BCUT2D eigenvalue weighted by Crippen LogP contribution is 2.18. The summed E-state index contributed by atoms with van der Waals surface area (Å²) in [7, 11) is 2.24. The molecular formula is C15H22N4S. The molecular weight excluding hydrogens is 268 g/mol. The second-order valence-corrected chi connectivity index (χ2v) is 6.34. The van der Waals surface area contributed by atoms with Crippen molar-refractivity contribution in [3.8, 4) is 5.13 Å². The van der Waals surface area contributed by atoms with E-state index in [0.717, 1.165) is 31.3 Å². The molecule has 0 aromatic carbocycles. The molecule has 1 saturated heterocycles. The van der Waals surface area contributed by atoms with E-state index in [-0.39, 0.29) is 0 Å². The lowest BCUT2D eigenvalue weighted by Gasteiger charge is -2.39. The van der Waals surface area contributed by atoms with E-state index in [0.29, 0.717) is 6.04 Å². The van der Waals surface area contributed by atoms with E-state index in [2.05, 4.69) is 51.7 Å². The van der Waals surface area contributed by atoms with E-state index in [9.17, 15) is 0 Å². The molecule has 0 bridgehead atoms. The van der Waals surface area contributed by atoms with Crippen LogP contribution in [-0.2, 0) is 6.54 Å². The number of thiazole rings is 1. The Bertz CT molecular complexity index is 534. The van der Waals surface area contributed by atoms with Crippen LogP contribution in [0, 0.1) is 0 Å². The van der Waals surface area contributed by atoms with Crippen LogP contribution in [0.25, 0.3) is 5.13 Å². The average molecular weight is 290 g/mol. The minimum atomic E-state index is 0.687. The van der Waals surface area contributed by atoms with E-state index >= 15 is 0 Å². The zero-order valence-corrected chi connectivity index (χ0v) is 13.0. The standard InChI is InChI=1S/C15H22N4S/c1-3-13-11-18(9-8-17(13)2)12-14-5-4-7-19(14)15-16-6-10-20-15/h4-7,10,13H,3,8-9,11-12H2,1-2H3/t13-/m1/s1. The molecule has 1 atom stereocenters. The molecule has 3 heterocycles. The van der Waals surface area contributed by atoms with E-state index in [1.807, 2.05) is 11.6 Å². The summed E-state index contributed by atoms with van der Waals surface area (Å²) in [5, 5.41) is 3.09. The third kappa shape index (κ3) is 2.80. The smallest absolute Gasteiger partial charge is 0.193 e. The summed E-state index contributed by atoms with van der Waals surface area (Å²) >= 11 is 1.69. The monoisotopic (exact) mass is 290 g/mol. The molecule has 0 aliphatic carbocycles. The zero-order valence-electron chi connectivity index (χ0n) is 12.2. The Morgan fingerprint density at radius 2 is 2.30 bits per heavy atom. The highest BCUT2D eigenvalue weighted by molar-refractivity contribution is 7.12. The summed E-state index contributed by atoms with van der Waals surface area (Å²) in [6.45, 7) is 6.77. The molecule has 3 rings (SSSR count). The Morgan fingerprint density at radius 3 is 3.05 bits per heavy atom. The van der Waals surface area contributed by atoms with Gasteiger partial charge in [0.2, 0.25) is 0 Å². The predicted octanol–water partition coefficient (Wildman–Crippen LogP) is 2.46.